The van der Waals surface area contributed by atoms with Crippen LogP contribution >= 0.6 is 8.25 Å². The number of hydrogen-bond acceptors (Lipinski definition) is 3. The number of methoxy groups -OCH3 is 1. The maximum absolute atomic E-state index is 10.5. The maximum Gasteiger partial charge on any atom is 0.316 e. The molecule has 1 aliphatic rings. The molecule has 0 aliphatic heterocycles. The summed E-state index contributed by atoms with van der Waals surface area (Å²) >= 11 is 0. The van der Waals surface area contributed by atoms with Crippen molar-refractivity contribution in [2.45, 2.75) is 51.0 Å². The fourth-order valence-corrected chi connectivity index (χ4v) is 2.88. The summed E-state index contributed by atoms with van der Waals surface area (Å²) in [6.45, 7) is 0.852. The zero-order chi connectivity index (χ0) is 11.8. The molecule has 0 heterocycles. The van der Waals surface area contributed by atoms with Crippen LogP contribution in [-0.4, -0.2) is 24.7 Å². The van der Waals surface area contributed by atoms with Gasteiger partial charge in [-0.2, -0.15) is 0 Å². The Labute approximate surface area is 98.3 Å². The van der Waals surface area contributed by atoms with Crippen molar-refractivity contribution in [2.75, 3.05) is 13.7 Å². The molecule has 0 aromatic carbocycles. The second kappa shape index (κ2) is 8.24. The van der Waals surface area contributed by atoms with Gasteiger partial charge in [0.05, 0.1) is 6.10 Å². The average molecular weight is 250 g/mol. The highest BCUT2D eigenvalue weighted by molar-refractivity contribution is 7.32. The normalized spacial score (nSPS) is 27.9. The molecule has 16 heavy (non-hydrogen) atoms. The largest absolute Gasteiger partial charge is 0.385 e. The molecular formula is C11H23O4P. The SMILES string of the molecule is COCCCCC1CCC(O[PH](=O)O)CC1. The van der Waals surface area contributed by atoms with Crippen LogP contribution in [0.25, 0.3) is 0 Å². The molecule has 0 saturated heterocycles. The van der Waals surface area contributed by atoms with E-state index < -0.39 is 8.25 Å². The van der Waals surface area contributed by atoms with Crippen LogP contribution in [0.2, 0.25) is 0 Å². The van der Waals surface area contributed by atoms with E-state index in [1.54, 1.807) is 7.11 Å². The van der Waals surface area contributed by atoms with Crippen LogP contribution in [0, 0.1) is 5.92 Å². The van der Waals surface area contributed by atoms with Gasteiger partial charge < -0.3 is 14.2 Å². The summed E-state index contributed by atoms with van der Waals surface area (Å²) in [6.07, 6.45) is 7.77. The topological polar surface area (TPSA) is 55.8 Å². The minimum Gasteiger partial charge on any atom is -0.385 e. The first kappa shape index (κ1) is 14.2. The zero-order valence-corrected chi connectivity index (χ0v) is 11.0. The number of rotatable bonds is 7. The van der Waals surface area contributed by atoms with Crippen molar-refractivity contribution < 1.29 is 18.7 Å². The Morgan fingerprint density at radius 1 is 1.25 bits per heavy atom. The Kier molecular flexibility index (Phi) is 7.30. The predicted octanol–water partition coefficient (Wildman–Crippen LogP) is 2.76. The van der Waals surface area contributed by atoms with E-state index in [-0.39, 0.29) is 6.10 Å². The third-order valence-corrected chi connectivity index (χ3v) is 3.81. The quantitative estimate of drug-likeness (QED) is 0.557. The summed E-state index contributed by atoms with van der Waals surface area (Å²) in [5, 5.41) is 0. The monoisotopic (exact) mass is 250 g/mol. The van der Waals surface area contributed by atoms with Crippen LogP contribution in [0.15, 0.2) is 0 Å². The van der Waals surface area contributed by atoms with Gasteiger partial charge in [0, 0.05) is 13.7 Å². The van der Waals surface area contributed by atoms with Crippen LogP contribution in [-0.2, 0) is 13.8 Å². The van der Waals surface area contributed by atoms with E-state index in [1.807, 2.05) is 0 Å². The van der Waals surface area contributed by atoms with Crippen LogP contribution < -0.4 is 0 Å². The van der Waals surface area contributed by atoms with E-state index in [1.165, 1.54) is 12.8 Å². The number of ether oxygens (including phenoxy) is 1. The highest BCUT2D eigenvalue weighted by Gasteiger charge is 2.22. The Morgan fingerprint density at radius 3 is 2.50 bits per heavy atom. The van der Waals surface area contributed by atoms with Gasteiger partial charge in [0.1, 0.15) is 0 Å². The lowest BCUT2D eigenvalue weighted by Gasteiger charge is -2.27. The van der Waals surface area contributed by atoms with E-state index in [4.69, 9.17) is 14.2 Å². The molecule has 0 aromatic rings. The number of hydrogen-bond donors (Lipinski definition) is 1. The summed E-state index contributed by atoms with van der Waals surface area (Å²) in [6, 6.07) is 0. The summed E-state index contributed by atoms with van der Waals surface area (Å²) in [5.74, 6) is 0.776. The molecule has 0 bridgehead atoms. The van der Waals surface area contributed by atoms with Crippen molar-refractivity contribution in [3.05, 3.63) is 0 Å². The van der Waals surface area contributed by atoms with Crippen molar-refractivity contribution in [1.82, 2.24) is 0 Å². The van der Waals surface area contributed by atoms with E-state index in [2.05, 4.69) is 0 Å². The van der Waals surface area contributed by atoms with E-state index in [0.717, 1.165) is 44.6 Å². The van der Waals surface area contributed by atoms with E-state index >= 15 is 0 Å². The average Bonchev–Trinajstić information content (AvgIpc) is 2.26. The van der Waals surface area contributed by atoms with Crippen LogP contribution in [0.1, 0.15) is 44.9 Å². The molecular weight excluding hydrogens is 227 g/mol. The van der Waals surface area contributed by atoms with E-state index in [9.17, 15) is 4.57 Å². The van der Waals surface area contributed by atoms with Gasteiger partial charge in [-0.3, -0.25) is 4.57 Å². The first-order chi connectivity index (χ1) is 7.72. The van der Waals surface area contributed by atoms with Crippen molar-refractivity contribution in [3.63, 3.8) is 0 Å². The van der Waals surface area contributed by atoms with Crippen molar-refractivity contribution in [2.24, 2.45) is 5.92 Å². The van der Waals surface area contributed by atoms with Gasteiger partial charge in [-0.25, -0.2) is 0 Å². The van der Waals surface area contributed by atoms with Crippen molar-refractivity contribution in [3.8, 4) is 0 Å². The lowest BCUT2D eigenvalue weighted by Crippen LogP contribution is -2.19. The van der Waals surface area contributed by atoms with Crippen molar-refractivity contribution >= 4 is 8.25 Å². The third-order valence-electron chi connectivity index (χ3n) is 3.27. The molecule has 1 unspecified atom stereocenters. The molecule has 1 saturated carbocycles. The summed E-state index contributed by atoms with van der Waals surface area (Å²) in [5.41, 5.74) is 0. The van der Waals surface area contributed by atoms with Crippen LogP contribution in [0.4, 0.5) is 0 Å². The fourth-order valence-electron chi connectivity index (χ4n) is 2.36. The van der Waals surface area contributed by atoms with Gasteiger partial charge in [0.25, 0.3) is 0 Å². The Bertz CT molecular complexity index is 202. The third kappa shape index (κ3) is 6.00. The first-order valence-corrected chi connectivity index (χ1v) is 7.37. The molecule has 0 radical (unpaired) electrons. The Hall–Kier alpha value is 0.110. The highest BCUT2D eigenvalue weighted by atomic mass is 31.1. The summed E-state index contributed by atoms with van der Waals surface area (Å²) < 4.78 is 20.5. The fraction of sp³-hybridized carbons (Fsp3) is 1.00. The molecule has 1 fully saturated rings. The second-order valence-electron chi connectivity index (χ2n) is 4.52. The molecule has 96 valence electrons. The summed E-state index contributed by atoms with van der Waals surface area (Å²) in [4.78, 5) is 8.68. The smallest absolute Gasteiger partial charge is 0.316 e. The zero-order valence-electron chi connectivity index (χ0n) is 9.98. The Balaban J connectivity index is 2.05. The summed E-state index contributed by atoms with van der Waals surface area (Å²) in [7, 11) is -1.01. The van der Waals surface area contributed by atoms with Crippen LogP contribution in [0.3, 0.4) is 0 Å². The molecule has 4 nitrogen and oxygen atoms in total. The molecule has 0 amide bonds. The van der Waals surface area contributed by atoms with Gasteiger partial charge in [-0.15, -0.1) is 0 Å². The Morgan fingerprint density at radius 2 is 1.94 bits per heavy atom. The van der Waals surface area contributed by atoms with Gasteiger partial charge in [-0.05, 0) is 38.0 Å². The predicted molar refractivity (Wildman–Crippen MR) is 63.8 cm³/mol. The maximum atomic E-state index is 10.5. The van der Waals surface area contributed by atoms with Gasteiger partial charge >= 0.3 is 8.25 Å². The minimum atomic E-state index is -2.74. The highest BCUT2D eigenvalue weighted by Crippen LogP contribution is 2.33. The van der Waals surface area contributed by atoms with Crippen LogP contribution in [0.5, 0.6) is 0 Å². The molecule has 0 aromatic heterocycles. The second-order valence-corrected chi connectivity index (χ2v) is 5.28. The van der Waals surface area contributed by atoms with Gasteiger partial charge in [-0.1, -0.05) is 12.8 Å². The number of unbranched alkanes of at least 4 members (excludes halogenated alkanes) is 1. The minimum absolute atomic E-state index is 0.0200. The van der Waals surface area contributed by atoms with E-state index in [0.29, 0.717) is 0 Å². The molecule has 0 spiro atoms. The van der Waals surface area contributed by atoms with Gasteiger partial charge in [0.15, 0.2) is 0 Å². The first-order valence-electron chi connectivity index (χ1n) is 6.11. The molecule has 1 N–H and O–H groups in total. The molecule has 1 atom stereocenters. The van der Waals surface area contributed by atoms with Crippen molar-refractivity contribution in [1.29, 1.82) is 0 Å². The standard InChI is InChI=1S/C11H23O4P/c1-14-9-3-2-4-10-5-7-11(8-6-10)15-16(12)13/h10-11,16H,2-9H2,1H3,(H,12,13). The lowest BCUT2D eigenvalue weighted by atomic mass is 9.84. The lowest BCUT2D eigenvalue weighted by molar-refractivity contribution is 0.120. The molecule has 5 heteroatoms. The molecule has 1 rings (SSSR count). The van der Waals surface area contributed by atoms with Gasteiger partial charge in [0.2, 0.25) is 0 Å². The molecule has 1 aliphatic carbocycles.